The van der Waals surface area contributed by atoms with Crippen LogP contribution < -0.4 is 15.8 Å². The van der Waals surface area contributed by atoms with Crippen LogP contribution in [0.5, 0.6) is 5.75 Å². The molecule has 1 aromatic rings. The number of nitrogens with one attached hydrogen (secondary N) is 1. The molecule has 4 nitrogen and oxygen atoms in total. The molecule has 1 amide bonds. The molecule has 0 aromatic heterocycles. The average Bonchev–Trinajstić information content (AvgIpc) is 2.31. The van der Waals surface area contributed by atoms with Crippen molar-refractivity contribution in [3.8, 4) is 5.75 Å². The molecule has 0 atom stereocenters. The molecule has 0 unspecified atom stereocenters. The Bertz CT molecular complexity index is 422. The van der Waals surface area contributed by atoms with Crippen molar-refractivity contribution in [2.75, 3.05) is 13.2 Å². The zero-order valence-corrected chi connectivity index (χ0v) is 12.2. The van der Waals surface area contributed by atoms with Gasteiger partial charge in [-0.3, -0.25) is 4.79 Å². The Morgan fingerprint density at radius 3 is 2.79 bits per heavy atom. The van der Waals surface area contributed by atoms with Crippen LogP contribution in [0.1, 0.15) is 25.8 Å². The third-order valence-corrected chi connectivity index (χ3v) is 2.76. The van der Waals surface area contributed by atoms with Crippen molar-refractivity contribution in [1.29, 1.82) is 0 Å². The van der Waals surface area contributed by atoms with Gasteiger partial charge in [0, 0.05) is 6.04 Å². The number of carbonyl (C=O) groups is 1. The van der Waals surface area contributed by atoms with Crippen LogP contribution in [0.25, 0.3) is 0 Å². The highest BCUT2D eigenvalue weighted by Gasteiger charge is 2.06. The van der Waals surface area contributed by atoms with Crippen molar-refractivity contribution in [2.45, 2.75) is 32.7 Å². The van der Waals surface area contributed by atoms with Crippen molar-refractivity contribution in [3.05, 3.63) is 28.8 Å². The van der Waals surface area contributed by atoms with Gasteiger partial charge in [0.05, 0.1) is 18.1 Å². The number of carbonyl (C=O) groups excluding carboxylic acids is 1. The summed E-state index contributed by atoms with van der Waals surface area (Å²) in [5.41, 5.74) is 6.56. The molecule has 0 spiro atoms. The molecule has 0 fully saturated rings. The number of nitrogens with two attached hydrogens (primary N) is 1. The molecular formula is C14H21ClN2O2. The molecule has 0 aliphatic rings. The van der Waals surface area contributed by atoms with Gasteiger partial charge in [-0.25, -0.2) is 0 Å². The summed E-state index contributed by atoms with van der Waals surface area (Å²) >= 11 is 6.10. The second-order valence-corrected chi connectivity index (χ2v) is 5.03. The minimum Gasteiger partial charge on any atom is -0.491 e. The number of amides is 1. The number of hydrogen-bond acceptors (Lipinski definition) is 3. The van der Waals surface area contributed by atoms with E-state index >= 15 is 0 Å². The molecule has 0 aliphatic heterocycles. The van der Waals surface area contributed by atoms with E-state index in [1.165, 1.54) is 0 Å². The number of rotatable bonds is 7. The fourth-order valence-electron chi connectivity index (χ4n) is 1.63. The van der Waals surface area contributed by atoms with Crippen LogP contribution in [0.4, 0.5) is 0 Å². The number of hydrogen-bond donors (Lipinski definition) is 2. The van der Waals surface area contributed by atoms with Gasteiger partial charge in [-0.2, -0.15) is 0 Å². The van der Waals surface area contributed by atoms with Gasteiger partial charge in [0.25, 0.3) is 0 Å². The van der Waals surface area contributed by atoms with Crippen LogP contribution in [-0.4, -0.2) is 25.1 Å². The van der Waals surface area contributed by atoms with Crippen LogP contribution in [0, 0.1) is 0 Å². The van der Waals surface area contributed by atoms with E-state index in [4.69, 9.17) is 22.1 Å². The Balaban J connectivity index is 2.43. The molecule has 0 saturated carbocycles. The molecule has 106 valence electrons. The van der Waals surface area contributed by atoms with Gasteiger partial charge in [-0.1, -0.05) is 17.7 Å². The second kappa shape index (κ2) is 8.02. The quantitative estimate of drug-likeness (QED) is 0.806. The van der Waals surface area contributed by atoms with Gasteiger partial charge in [0.2, 0.25) is 5.91 Å². The van der Waals surface area contributed by atoms with Crippen molar-refractivity contribution in [1.82, 2.24) is 5.32 Å². The molecule has 3 N–H and O–H groups in total. The summed E-state index contributed by atoms with van der Waals surface area (Å²) in [6, 6.07) is 5.74. The van der Waals surface area contributed by atoms with Crippen LogP contribution in [-0.2, 0) is 11.2 Å². The topological polar surface area (TPSA) is 64.3 Å². The van der Waals surface area contributed by atoms with E-state index < -0.39 is 0 Å². The van der Waals surface area contributed by atoms with Gasteiger partial charge in [-0.05, 0) is 44.5 Å². The van der Waals surface area contributed by atoms with Gasteiger partial charge in [-0.15, -0.1) is 0 Å². The zero-order valence-electron chi connectivity index (χ0n) is 11.4. The van der Waals surface area contributed by atoms with E-state index in [2.05, 4.69) is 5.32 Å². The maximum absolute atomic E-state index is 11.4. The molecule has 0 aliphatic carbocycles. The molecule has 1 rings (SSSR count). The molecule has 0 heterocycles. The Morgan fingerprint density at radius 2 is 2.21 bits per heavy atom. The number of halogens is 1. The summed E-state index contributed by atoms with van der Waals surface area (Å²) in [6.45, 7) is 4.75. The molecule has 0 radical (unpaired) electrons. The first-order valence-electron chi connectivity index (χ1n) is 6.43. The smallest absolute Gasteiger partial charge is 0.223 e. The highest BCUT2D eigenvalue weighted by Crippen LogP contribution is 2.25. The minimum absolute atomic E-state index is 0.0223. The van der Waals surface area contributed by atoms with E-state index in [1.807, 2.05) is 32.0 Å². The average molecular weight is 285 g/mol. The zero-order chi connectivity index (χ0) is 14.3. The third-order valence-electron chi connectivity index (χ3n) is 2.47. The lowest BCUT2D eigenvalue weighted by atomic mass is 10.1. The van der Waals surface area contributed by atoms with Gasteiger partial charge in [0.1, 0.15) is 5.75 Å². The van der Waals surface area contributed by atoms with Crippen LogP contribution >= 0.6 is 11.6 Å². The van der Waals surface area contributed by atoms with Crippen molar-refractivity contribution in [3.63, 3.8) is 0 Å². The molecule has 0 bridgehead atoms. The predicted octanol–water partition coefficient (Wildman–Crippen LogP) is 2.13. The first-order chi connectivity index (χ1) is 9.02. The van der Waals surface area contributed by atoms with Crippen molar-refractivity contribution < 1.29 is 9.53 Å². The summed E-state index contributed by atoms with van der Waals surface area (Å²) in [4.78, 5) is 11.4. The van der Waals surface area contributed by atoms with E-state index in [0.717, 1.165) is 12.0 Å². The predicted molar refractivity (Wildman–Crippen MR) is 77.6 cm³/mol. The van der Waals surface area contributed by atoms with Gasteiger partial charge < -0.3 is 15.8 Å². The normalized spacial score (nSPS) is 10.6. The lowest BCUT2D eigenvalue weighted by Crippen LogP contribution is -2.31. The van der Waals surface area contributed by atoms with E-state index in [9.17, 15) is 4.79 Å². The third kappa shape index (κ3) is 5.94. The van der Waals surface area contributed by atoms with E-state index in [1.54, 1.807) is 0 Å². The first-order valence-corrected chi connectivity index (χ1v) is 6.81. The monoisotopic (exact) mass is 284 g/mol. The highest BCUT2D eigenvalue weighted by atomic mass is 35.5. The Morgan fingerprint density at radius 1 is 1.47 bits per heavy atom. The summed E-state index contributed by atoms with van der Waals surface area (Å²) in [7, 11) is 0. The number of benzene rings is 1. The van der Waals surface area contributed by atoms with E-state index in [0.29, 0.717) is 30.3 Å². The summed E-state index contributed by atoms with van der Waals surface area (Å²) in [6.07, 6.45) is 1.11. The molecule has 5 heteroatoms. The SMILES string of the molecule is CC(C)NC(=O)CCOc1ccc(CCN)cc1Cl. The summed E-state index contributed by atoms with van der Waals surface area (Å²) in [5, 5.41) is 3.35. The van der Waals surface area contributed by atoms with E-state index in [-0.39, 0.29) is 11.9 Å². The first kappa shape index (κ1) is 15.8. The number of ether oxygens (including phenoxy) is 1. The van der Waals surface area contributed by atoms with Crippen LogP contribution in [0.15, 0.2) is 18.2 Å². The standard InChI is InChI=1S/C14H21ClN2O2/c1-10(2)17-14(18)6-8-19-13-4-3-11(5-7-16)9-12(13)15/h3-4,9-10H,5-8,16H2,1-2H3,(H,17,18). The fourth-order valence-corrected chi connectivity index (χ4v) is 1.89. The summed E-state index contributed by atoms with van der Waals surface area (Å²) < 4.78 is 5.50. The maximum Gasteiger partial charge on any atom is 0.223 e. The Kier molecular flexibility index (Phi) is 6.67. The van der Waals surface area contributed by atoms with Crippen LogP contribution in [0.2, 0.25) is 5.02 Å². The van der Waals surface area contributed by atoms with Gasteiger partial charge in [0.15, 0.2) is 0 Å². The lowest BCUT2D eigenvalue weighted by molar-refractivity contribution is -0.122. The lowest BCUT2D eigenvalue weighted by Gasteiger charge is -2.11. The second-order valence-electron chi connectivity index (χ2n) is 4.62. The molecular weight excluding hydrogens is 264 g/mol. The molecule has 1 aromatic carbocycles. The van der Waals surface area contributed by atoms with Crippen molar-refractivity contribution in [2.24, 2.45) is 5.73 Å². The minimum atomic E-state index is -0.0223. The molecule has 19 heavy (non-hydrogen) atoms. The van der Waals surface area contributed by atoms with Gasteiger partial charge >= 0.3 is 0 Å². The van der Waals surface area contributed by atoms with Crippen LogP contribution in [0.3, 0.4) is 0 Å². The fraction of sp³-hybridized carbons (Fsp3) is 0.500. The summed E-state index contributed by atoms with van der Waals surface area (Å²) in [5.74, 6) is 0.575. The van der Waals surface area contributed by atoms with Crippen molar-refractivity contribution >= 4 is 17.5 Å². The molecule has 0 saturated heterocycles. The highest BCUT2D eigenvalue weighted by molar-refractivity contribution is 6.32. The largest absolute Gasteiger partial charge is 0.491 e. The Labute approximate surface area is 119 Å². The Hall–Kier alpha value is -1.26. The maximum atomic E-state index is 11.4.